The SMILES string of the molecule is CCC(C)N(C)S(=O)(=O)c1cc(N)cc(C)c1C. The van der Waals surface area contributed by atoms with E-state index in [1.807, 2.05) is 27.7 Å². The molecule has 0 amide bonds. The number of hydrogen-bond acceptors (Lipinski definition) is 3. The van der Waals surface area contributed by atoms with E-state index in [1.165, 1.54) is 10.4 Å². The third kappa shape index (κ3) is 2.67. The number of rotatable bonds is 4. The van der Waals surface area contributed by atoms with Gasteiger partial charge in [0.2, 0.25) is 10.0 Å². The molecule has 1 unspecified atom stereocenters. The van der Waals surface area contributed by atoms with Gasteiger partial charge in [-0.15, -0.1) is 0 Å². The molecule has 5 heteroatoms. The molecular weight excluding hydrogens is 248 g/mol. The van der Waals surface area contributed by atoms with Crippen LogP contribution >= 0.6 is 0 Å². The van der Waals surface area contributed by atoms with Crippen LogP contribution < -0.4 is 5.73 Å². The Labute approximate surface area is 110 Å². The van der Waals surface area contributed by atoms with E-state index in [4.69, 9.17) is 5.73 Å². The van der Waals surface area contributed by atoms with Gasteiger partial charge in [-0.05, 0) is 50.5 Å². The normalized spacial score (nSPS) is 13.9. The van der Waals surface area contributed by atoms with Gasteiger partial charge in [-0.1, -0.05) is 6.92 Å². The molecule has 0 spiro atoms. The van der Waals surface area contributed by atoms with Gasteiger partial charge in [-0.3, -0.25) is 0 Å². The van der Waals surface area contributed by atoms with Gasteiger partial charge in [0.1, 0.15) is 0 Å². The number of benzene rings is 1. The fraction of sp³-hybridized carbons (Fsp3) is 0.538. The highest BCUT2D eigenvalue weighted by atomic mass is 32.2. The number of hydrogen-bond donors (Lipinski definition) is 1. The fourth-order valence-corrected chi connectivity index (χ4v) is 3.54. The van der Waals surface area contributed by atoms with E-state index in [2.05, 4.69) is 0 Å². The Bertz CT molecular complexity index is 538. The number of sulfonamides is 1. The maximum absolute atomic E-state index is 12.5. The number of nitrogens with zero attached hydrogens (tertiary/aromatic N) is 1. The maximum atomic E-state index is 12.5. The lowest BCUT2D eigenvalue weighted by Crippen LogP contribution is -2.35. The number of nitrogens with two attached hydrogens (primary N) is 1. The third-order valence-corrected chi connectivity index (χ3v) is 5.61. The van der Waals surface area contributed by atoms with Crippen LogP contribution in [-0.4, -0.2) is 25.8 Å². The molecule has 0 aliphatic carbocycles. The zero-order valence-electron chi connectivity index (χ0n) is 11.7. The fourth-order valence-electron chi connectivity index (χ4n) is 1.77. The van der Waals surface area contributed by atoms with Crippen molar-refractivity contribution in [2.75, 3.05) is 12.8 Å². The Morgan fingerprint density at radius 3 is 2.39 bits per heavy atom. The molecule has 1 aromatic carbocycles. The number of aryl methyl sites for hydroxylation is 1. The highest BCUT2D eigenvalue weighted by molar-refractivity contribution is 7.89. The quantitative estimate of drug-likeness (QED) is 0.854. The van der Waals surface area contributed by atoms with E-state index < -0.39 is 10.0 Å². The van der Waals surface area contributed by atoms with Crippen LogP contribution in [0.5, 0.6) is 0 Å². The van der Waals surface area contributed by atoms with Crippen molar-refractivity contribution < 1.29 is 8.42 Å². The first-order valence-corrected chi connectivity index (χ1v) is 7.50. The molecule has 0 aliphatic rings. The topological polar surface area (TPSA) is 63.4 Å². The number of nitrogen functional groups attached to an aromatic ring is 1. The van der Waals surface area contributed by atoms with Crippen LogP contribution in [0.4, 0.5) is 5.69 Å². The van der Waals surface area contributed by atoms with Gasteiger partial charge in [0.25, 0.3) is 0 Å². The van der Waals surface area contributed by atoms with Gasteiger partial charge in [-0.2, -0.15) is 4.31 Å². The van der Waals surface area contributed by atoms with E-state index in [-0.39, 0.29) is 6.04 Å². The summed E-state index contributed by atoms with van der Waals surface area (Å²) in [4.78, 5) is 0.308. The monoisotopic (exact) mass is 270 g/mol. The zero-order valence-corrected chi connectivity index (χ0v) is 12.5. The van der Waals surface area contributed by atoms with Gasteiger partial charge in [0, 0.05) is 18.8 Å². The van der Waals surface area contributed by atoms with Crippen molar-refractivity contribution in [1.29, 1.82) is 0 Å². The molecule has 0 aromatic heterocycles. The van der Waals surface area contributed by atoms with E-state index in [9.17, 15) is 8.42 Å². The first-order chi connectivity index (χ1) is 8.21. The Morgan fingerprint density at radius 2 is 1.89 bits per heavy atom. The van der Waals surface area contributed by atoms with Crippen LogP contribution in [0.25, 0.3) is 0 Å². The lowest BCUT2D eigenvalue weighted by atomic mass is 10.1. The molecule has 0 fully saturated rings. The van der Waals surface area contributed by atoms with Crippen LogP contribution in [0.1, 0.15) is 31.4 Å². The molecule has 0 aliphatic heterocycles. The summed E-state index contributed by atoms with van der Waals surface area (Å²) in [6.07, 6.45) is 0.774. The Morgan fingerprint density at radius 1 is 1.33 bits per heavy atom. The first-order valence-electron chi connectivity index (χ1n) is 6.06. The van der Waals surface area contributed by atoms with Crippen molar-refractivity contribution in [3.8, 4) is 0 Å². The van der Waals surface area contributed by atoms with Crippen LogP contribution in [0.3, 0.4) is 0 Å². The second-order valence-corrected chi connectivity index (χ2v) is 6.71. The second-order valence-electron chi connectivity index (χ2n) is 4.74. The molecular formula is C13H22N2O2S. The second kappa shape index (κ2) is 5.28. The highest BCUT2D eigenvalue weighted by Crippen LogP contribution is 2.26. The summed E-state index contributed by atoms with van der Waals surface area (Å²) in [5.74, 6) is 0. The van der Waals surface area contributed by atoms with Crippen molar-refractivity contribution in [2.24, 2.45) is 0 Å². The smallest absolute Gasteiger partial charge is 0.243 e. The molecule has 1 aromatic rings. The van der Waals surface area contributed by atoms with E-state index in [0.29, 0.717) is 10.6 Å². The molecule has 1 atom stereocenters. The molecule has 0 bridgehead atoms. The summed E-state index contributed by atoms with van der Waals surface area (Å²) in [5.41, 5.74) is 7.89. The number of anilines is 1. The molecule has 0 saturated carbocycles. The molecule has 18 heavy (non-hydrogen) atoms. The summed E-state index contributed by atoms with van der Waals surface area (Å²) >= 11 is 0. The van der Waals surface area contributed by atoms with Crippen molar-refractivity contribution in [1.82, 2.24) is 4.31 Å². The van der Waals surface area contributed by atoms with Crippen LogP contribution in [0, 0.1) is 13.8 Å². The maximum Gasteiger partial charge on any atom is 0.243 e. The average molecular weight is 270 g/mol. The van der Waals surface area contributed by atoms with Gasteiger partial charge in [0.05, 0.1) is 4.90 Å². The molecule has 102 valence electrons. The van der Waals surface area contributed by atoms with Crippen molar-refractivity contribution in [3.63, 3.8) is 0 Å². The highest BCUT2D eigenvalue weighted by Gasteiger charge is 2.26. The molecule has 2 N–H and O–H groups in total. The third-order valence-electron chi connectivity index (χ3n) is 3.51. The molecule has 0 saturated heterocycles. The van der Waals surface area contributed by atoms with Crippen molar-refractivity contribution in [2.45, 2.75) is 45.1 Å². The largest absolute Gasteiger partial charge is 0.399 e. The van der Waals surface area contributed by atoms with E-state index in [0.717, 1.165) is 17.5 Å². The summed E-state index contributed by atoms with van der Waals surface area (Å²) < 4.78 is 26.5. The lowest BCUT2D eigenvalue weighted by Gasteiger charge is -2.24. The zero-order chi connectivity index (χ0) is 14.1. The molecule has 0 heterocycles. The Balaban J connectivity index is 3.37. The minimum atomic E-state index is -3.47. The minimum absolute atomic E-state index is 0.0314. The Kier molecular flexibility index (Phi) is 4.40. The summed E-state index contributed by atoms with van der Waals surface area (Å²) in [5, 5.41) is 0. The minimum Gasteiger partial charge on any atom is -0.399 e. The Hall–Kier alpha value is -1.07. The van der Waals surface area contributed by atoms with Gasteiger partial charge < -0.3 is 5.73 Å². The molecule has 0 radical (unpaired) electrons. The van der Waals surface area contributed by atoms with Crippen molar-refractivity contribution in [3.05, 3.63) is 23.3 Å². The predicted octanol–water partition coefficient (Wildman–Crippen LogP) is 2.30. The average Bonchev–Trinajstić information content (AvgIpc) is 2.31. The van der Waals surface area contributed by atoms with Gasteiger partial charge in [-0.25, -0.2) is 8.42 Å². The lowest BCUT2D eigenvalue weighted by molar-refractivity contribution is 0.380. The molecule has 1 rings (SSSR count). The van der Waals surface area contributed by atoms with Crippen LogP contribution in [0.2, 0.25) is 0 Å². The summed E-state index contributed by atoms with van der Waals surface area (Å²) in [6, 6.07) is 3.30. The van der Waals surface area contributed by atoms with Gasteiger partial charge >= 0.3 is 0 Å². The van der Waals surface area contributed by atoms with Crippen LogP contribution in [-0.2, 0) is 10.0 Å². The first kappa shape index (κ1) is 15.0. The van der Waals surface area contributed by atoms with E-state index >= 15 is 0 Å². The summed E-state index contributed by atoms with van der Waals surface area (Å²) in [7, 11) is -1.86. The standard InChI is InChI=1S/C13H22N2O2S/c1-6-10(3)15(5)18(16,17)13-8-12(14)7-9(2)11(13)4/h7-8,10H,6,14H2,1-5H3. The van der Waals surface area contributed by atoms with Gasteiger partial charge in [0.15, 0.2) is 0 Å². The van der Waals surface area contributed by atoms with E-state index in [1.54, 1.807) is 13.1 Å². The van der Waals surface area contributed by atoms with Crippen LogP contribution in [0.15, 0.2) is 17.0 Å². The molecule has 4 nitrogen and oxygen atoms in total. The predicted molar refractivity (Wildman–Crippen MR) is 75.0 cm³/mol. The van der Waals surface area contributed by atoms with Crippen molar-refractivity contribution >= 4 is 15.7 Å². The summed E-state index contributed by atoms with van der Waals surface area (Å²) in [6.45, 7) is 7.54.